The van der Waals surface area contributed by atoms with E-state index in [4.69, 9.17) is 0 Å². The van der Waals surface area contributed by atoms with E-state index in [1.807, 2.05) is 0 Å². The number of para-hydroxylation sites is 1. The SMILES string of the molecule is CNC1CCCN(Cc2c(C)c3ccccc3n2C)C1. The Balaban J connectivity index is 1.87. The first kappa shape index (κ1) is 13.7. The van der Waals surface area contributed by atoms with Gasteiger partial charge in [0.05, 0.1) is 0 Å². The highest BCUT2D eigenvalue weighted by molar-refractivity contribution is 5.85. The van der Waals surface area contributed by atoms with Crippen LogP contribution in [0.2, 0.25) is 0 Å². The lowest BCUT2D eigenvalue weighted by Gasteiger charge is -2.32. The summed E-state index contributed by atoms with van der Waals surface area (Å²) < 4.78 is 2.37. The van der Waals surface area contributed by atoms with Crippen LogP contribution in [-0.4, -0.2) is 35.6 Å². The van der Waals surface area contributed by atoms with E-state index in [0.29, 0.717) is 6.04 Å². The number of fused-ring (bicyclic) bond motifs is 1. The predicted octanol–water partition coefficient (Wildman–Crippen LogP) is 2.67. The van der Waals surface area contributed by atoms with Crippen LogP contribution in [0.25, 0.3) is 10.9 Å². The highest BCUT2D eigenvalue weighted by atomic mass is 15.2. The molecule has 0 spiro atoms. The van der Waals surface area contributed by atoms with E-state index < -0.39 is 0 Å². The summed E-state index contributed by atoms with van der Waals surface area (Å²) in [4.78, 5) is 2.59. The first-order chi connectivity index (χ1) is 9.70. The topological polar surface area (TPSA) is 20.2 Å². The van der Waals surface area contributed by atoms with Gasteiger partial charge in [-0.3, -0.25) is 4.90 Å². The van der Waals surface area contributed by atoms with Gasteiger partial charge in [-0.25, -0.2) is 0 Å². The lowest BCUT2D eigenvalue weighted by Crippen LogP contribution is -2.44. The molecular weight excluding hydrogens is 246 g/mol. The molecule has 0 radical (unpaired) electrons. The van der Waals surface area contributed by atoms with Gasteiger partial charge < -0.3 is 9.88 Å². The lowest BCUT2D eigenvalue weighted by atomic mass is 10.1. The van der Waals surface area contributed by atoms with E-state index in [-0.39, 0.29) is 0 Å². The van der Waals surface area contributed by atoms with Gasteiger partial charge in [-0.2, -0.15) is 0 Å². The molecule has 20 heavy (non-hydrogen) atoms. The van der Waals surface area contributed by atoms with Crippen LogP contribution in [0.1, 0.15) is 24.1 Å². The van der Waals surface area contributed by atoms with Crippen molar-refractivity contribution in [3.05, 3.63) is 35.5 Å². The van der Waals surface area contributed by atoms with Crippen molar-refractivity contribution >= 4 is 10.9 Å². The Bertz CT molecular complexity index is 561. The molecule has 0 bridgehead atoms. The zero-order valence-electron chi connectivity index (χ0n) is 12.8. The van der Waals surface area contributed by atoms with Crippen molar-refractivity contribution < 1.29 is 0 Å². The second kappa shape index (κ2) is 5.58. The normalized spacial score (nSPS) is 20.6. The van der Waals surface area contributed by atoms with E-state index in [9.17, 15) is 0 Å². The number of nitrogens with one attached hydrogen (secondary N) is 1. The van der Waals surface area contributed by atoms with E-state index in [1.165, 1.54) is 41.5 Å². The molecule has 3 rings (SSSR count). The largest absolute Gasteiger partial charge is 0.346 e. The van der Waals surface area contributed by atoms with Crippen molar-refractivity contribution in [2.75, 3.05) is 20.1 Å². The number of piperidine rings is 1. The smallest absolute Gasteiger partial charge is 0.0483 e. The number of likely N-dealkylation sites (tertiary alicyclic amines) is 1. The maximum absolute atomic E-state index is 3.43. The van der Waals surface area contributed by atoms with E-state index in [1.54, 1.807) is 0 Å². The van der Waals surface area contributed by atoms with Crippen LogP contribution in [0.15, 0.2) is 24.3 Å². The van der Waals surface area contributed by atoms with Crippen LogP contribution in [-0.2, 0) is 13.6 Å². The summed E-state index contributed by atoms with van der Waals surface area (Å²) in [5.74, 6) is 0. The van der Waals surface area contributed by atoms with Gasteiger partial charge in [0.15, 0.2) is 0 Å². The summed E-state index contributed by atoms with van der Waals surface area (Å²) in [5.41, 5.74) is 4.25. The van der Waals surface area contributed by atoms with Crippen LogP contribution in [0, 0.1) is 6.92 Å². The number of rotatable bonds is 3. The Labute approximate surface area is 121 Å². The molecule has 1 N–H and O–H groups in total. The molecule has 1 unspecified atom stereocenters. The molecule has 0 amide bonds. The van der Waals surface area contributed by atoms with Gasteiger partial charge in [-0.15, -0.1) is 0 Å². The minimum Gasteiger partial charge on any atom is -0.346 e. The molecule has 0 saturated carbocycles. The maximum atomic E-state index is 3.43. The third-order valence-corrected chi connectivity index (χ3v) is 4.79. The Hall–Kier alpha value is -1.32. The minimum absolute atomic E-state index is 0.652. The van der Waals surface area contributed by atoms with E-state index in [2.05, 4.69) is 60.1 Å². The average Bonchev–Trinajstić information content (AvgIpc) is 2.73. The summed E-state index contributed by atoms with van der Waals surface area (Å²) >= 11 is 0. The van der Waals surface area contributed by atoms with Crippen LogP contribution < -0.4 is 5.32 Å². The third kappa shape index (κ3) is 2.36. The van der Waals surface area contributed by atoms with Gasteiger partial charge in [0, 0.05) is 42.8 Å². The van der Waals surface area contributed by atoms with Crippen molar-refractivity contribution in [1.82, 2.24) is 14.8 Å². The first-order valence-electron chi connectivity index (χ1n) is 7.63. The van der Waals surface area contributed by atoms with Crippen molar-refractivity contribution in [3.8, 4) is 0 Å². The van der Waals surface area contributed by atoms with Gasteiger partial charge in [0.25, 0.3) is 0 Å². The lowest BCUT2D eigenvalue weighted by molar-refractivity contribution is 0.184. The predicted molar refractivity (Wildman–Crippen MR) is 85.0 cm³/mol. The molecule has 1 aliphatic heterocycles. The van der Waals surface area contributed by atoms with Crippen molar-refractivity contribution in [1.29, 1.82) is 0 Å². The fraction of sp³-hybridized carbons (Fsp3) is 0.529. The molecule has 1 aromatic heterocycles. The molecule has 3 nitrogen and oxygen atoms in total. The fourth-order valence-corrected chi connectivity index (χ4v) is 3.51. The van der Waals surface area contributed by atoms with Gasteiger partial charge >= 0.3 is 0 Å². The van der Waals surface area contributed by atoms with Crippen LogP contribution in [0.3, 0.4) is 0 Å². The monoisotopic (exact) mass is 271 g/mol. The third-order valence-electron chi connectivity index (χ3n) is 4.79. The second-order valence-corrected chi connectivity index (χ2v) is 6.01. The molecular formula is C17H25N3. The quantitative estimate of drug-likeness (QED) is 0.926. The van der Waals surface area contributed by atoms with Gasteiger partial charge in [0.2, 0.25) is 0 Å². The fourth-order valence-electron chi connectivity index (χ4n) is 3.51. The summed E-state index contributed by atoms with van der Waals surface area (Å²) in [6.45, 7) is 5.71. The zero-order chi connectivity index (χ0) is 14.1. The van der Waals surface area contributed by atoms with E-state index >= 15 is 0 Å². The number of hydrogen-bond acceptors (Lipinski definition) is 2. The van der Waals surface area contributed by atoms with Gasteiger partial charge in [0.1, 0.15) is 0 Å². The minimum atomic E-state index is 0.652. The maximum Gasteiger partial charge on any atom is 0.0483 e. The van der Waals surface area contributed by atoms with Gasteiger partial charge in [-0.05, 0) is 45.0 Å². The Morgan fingerprint density at radius 3 is 2.85 bits per heavy atom. The molecule has 1 fully saturated rings. The number of likely N-dealkylation sites (N-methyl/N-ethyl adjacent to an activating group) is 1. The van der Waals surface area contributed by atoms with Crippen LogP contribution in [0.4, 0.5) is 0 Å². The Morgan fingerprint density at radius 1 is 1.30 bits per heavy atom. The van der Waals surface area contributed by atoms with Crippen molar-refractivity contribution in [2.45, 2.75) is 32.4 Å². The Morgan fingerprint density at radius 2 is 2.10 bits per heavy atom. The highest BCUT2D eigenvalue weighted by Crippen LogP contribution is 2.26. The number of benzene rings is 1. The van der Waals surface area contributed by atoms with Crippen molar-refractivity contribution in [3.63, 3.8) is 0 Å². The molecule has 108 valence electrons. The van der Waals surface area contributed by atoms with Crippen molar-refractivity contribution in [2.24, 2.45) is 7.05 Å². The average molecular weight is 271 g/mol. The highest BCUT2D eigenvalue weighted by Gasteiger charge is 2.21. The molecule has 2 heterocycles. The molecule has 1 saturated heterocycles. The molecule has 0 aliphatic carbocycles. The zero-order valence-corrected chi connectivity index (χ0v) is 12.8. The van der Waals surface area contributed by atoms with Crippen LogP contribution in [0.5, 0.6) is 0 Å². The summed E-state index contributed by atoms with van der Waals surface area (Å²) in [6, 6.07) is 9.37. The molecule has 3 heteroatoms. The van der Waals surface area contributed by atoms with Gasteiger partial charge in [-0.1, -0.05) is 18.2 Å². The molecule has 1 aliphatic rings. The van der Waals surface area contributed by atoms with Crippen LogP contribution >= 0.6 is 0 Å². The number of nitrogens with zero attached hydrogens (tertiary/aromatic N) is 2. The Kier molecular flexibility index (Phi) is 3.81. The van der Waals surface area contributed by atoms with E-state index in [0.717, 1.165) is 13.1 Å². The number of hydrogen-bond donors (Lipinski definition) is 1. The summed E-state index contributed by atoms with van der Waals surface area (Å²) in [6.07, 6.45) is 2.61. The second-order valence-electron chi connectivity index (χ2n) is 6.01. The molecule has 1 aromatic carbocycles. The summed E-state index contributed by atoms with van der Waals surface area (Å²) in [5, 5.41) is 4.82. The number of aromatic nitrogens is 1. The molecule has 1 atom stereocenters. The summed E-state index contributed by atoms with van der Waals surface area (Å²) in [7, 11) is 4.28. The standard InChI is InChI=1S/C17H25N3/c1-13-15-8-4-5-9-16(15)19(3)17(13)12-20-10-6-7-14(11-20)18-2/h4-5,8-9,14,18H,6-7,10-12H2,1-3H3. The first-order valence-corrected chi connectivity index (χ1v) is 7.63. The number of aryl methyl sites for hydroxylation is 2. The molecule has 2 aromatic rings.